The molecule has 0 radical (unpaired) electrons. The molecule has 0 saturated heterocycles. The average Bonchev–Trinajstić information content (AvgIpc) is 2.77. The second-order valence-corrected chi connectivity index (χ2v) is 3.99. The number of aromatic nitrogens is 2. The zero-order valence-corrected chi connectivity index (χ0v) is 10.3. The van der Waals surface area contributed by atoms with E-state index in [4.69, 9.17) is 10.5 Å². The molecule has 2 aromatic rings. The van der Waals surface area contributed by atoms with Crippen LogP contribution in [0.4, 0.5) is 4.39 Å². The molecule has 0 fully saturated rings. The van der Waals surface area contributed by atoms with Crippen molar-refractivity contribution in [2.45, 2.75) is 13.0 Å². The fraction of sp³-hybridized carbons (Fsp3) is 0.308. The highest BCUT2D eigenvalue weighted by Crippen LogP contribution is 2.22. The van der Waals surface area contributed by atoms with Gasteiger partial charge in [0.1, 0.15) is 5.82 Å². The number of hydrogen-bond acceptors (Lipinski definition) is 3. The Morgan fingerprint density at radius 1 is 1.44 bits per heavy atom. The third-order valence-corrected chi connectivity index (χ3v) is 2.76. The van der Waals surface area contributed by atoms with Crippen LogP contribution < -0.4 is 10.5 Å². The molecule has 18 heavy (non-hydrogen) atoms. The summed E-state index contributed by atoms with van der Waals surface area (Å²) < 4.78 is 21.0. The summed E-state index contributed by atoms with van der Waals surface area (Å²) >= 11 is 0. The predicted octanol–water partition coefficient (Wildman–Crippen LogP) is 1.64. The molecule has 1 heterocycles. The lowest BCUT2D eigenvalue weighted by molar-refractivity contribution is 0.298. The minimum atomic E-state index is -0.377. The first-order valence-corrected chi connectivity index (χ1v) is 5.79. The van der Waals surface area contributed by atoms with Crippen LogP contribution in [-0.4, -0.2) is 16.2 Å². The molecule has 5 heteroatoms. The van der Waals surface area contributed by atoms with Crippen LogP contribution in [0.1, 0.15) is 11.4 Å². The van der Waals surface area contributed by atoms with E-state index in [9.17, 15) is 4.39 Å². The first-order valence-electron chi connectivity index (χ1n) is 5.79. The SMILES string of the molecule is Cn1ccnc1CCOc1c(F)cccc1CN. The van der Waals surface area contributed by atoms with Crippen molar-refractivity contribution < 1.29 is 9.13 Å². The minimum absolute atomic E-state index is 0.245. The number of rotatable bonds is 5. The van der Waals surface area contributed by atoms with Gasteiger partial charge in [-0.2, -0.15) is 0 Å². The molecule has 0 aliphatic heterocycles. The monoisotopic (exact) mass is 249 g/mol. The van der Waals surface area contributed by atoms with Crippen LogP contribution in [0.5, 0.6) is 5.75 Å². The smallest absolute Gasteiger partial charge is 0.165 e. The van der Waals surface area contributed by atoms with Gasteiger partial charge in [-0.15, -0.1) is 0 Å². The minimum Gasteiger partial charge on any atom is -0.490 e. The number of ether oxygens (including phenoxy) is 1. The van der Waals surface area contributed by atoms with Crippen LogP contribution in [0, 0.1) is 5.82 Å². The van der Waals surface area contributed by atoms with Gasteiger partial charge in [-0.25, -0.2) is 9.37 Å². The van der Waals surface area contributed by atoms with E-state index < -0.39 is 0 Å². The van der Waals surface area contributed by atoms with E-state index in [1.165, 1.54) is 6.07 Å². The number of nitrogens with zero attached hydrogens (tertiary/aromatic N) is 2. The molecular weight excluding hydrogens is 233 g/mol. The van der Waals surface area contributed by atoms with Gasteiger partial charge < -0.3 is 15.0 Å². The Morgan fingerprint density at radius 2 is 2.28 bits per heavy atom. The van der Waals surface area contributed by atoms with Gasteiger partial charge in [-0.3, -0.25) is 0 Å². The van der Waals surface area contributed by atoms with Crippen molar-refractivity contribution in [2.75, 3.05) is 6.61 Å². The fourth-order valence-corrected chi connectivity index (χ4v) is 1.76. The Hall–Kier alpha value is -1.88. The van der Waals surface area contributed by atoms with Crippen molar-refractivity contribution in [1.29, 1.82) is 0 Å². The van der Waals surface area contributed by atoms with E-state index in [1.54, 1.807) is 18.3 Å². The highest BCUT2D eigenvalue weighted by Gasteiger charge is 2.09. The largest absolute Gasteiger partial charge is 0.490 e. The van der Waals surface area contributed by atoms with E-state index in [-0.39, 0.29) is 18.1 Å². The normalized spacial score (nSPS) is 10.6. The van der Waals surface area contributed by atoms with Crippen LogP contribution >= 0.6 is 0 Å². The molecule has 2 rings (SSSR count). The number of nitrogens with two attached hydrogens (primary N) is 1. The lowest BCUT2D eigenvalue weighted by atomic mass is 10.2. The Labute approximate surface area is 105 Å². The molecule has 0 aliphatic rings. The van der Waals surface area contributed by atoms with Crippen molar-refractivity contribution in [3.8, 4) is 5.75 Å². The van der Waals surface area contributed by atoms with E-state index in [0.717, 1.165) is 5.82 Å². The Kier molecular flexibility index (Phi) is 3.94. The molecular formula is C13H16FN3O. The summed E-state index contributed by atoms with van der Waals surface area (Å²) in [6.07, 6.45) is 4.22. The van der Waals surface area contributed by atoms with Crippen molar-refractivity contribution >= 4 is 0 Å². The number of hydrogen-bond donors (Lipinski definition) is 1. The second-order valence-electron chi connectivity index (χ2n) is 3.99. The molecule has 0 aliphatic carbocycles. The topological polar surface area (TPSA) is 53.1 Å². The molecule has 0 bridgehead atoms. The average molecular weight is 249 g/mol. The number of benzene rings is 1. The van der Waals surface area contributed by atoms with Crippen molar-refractivity contribution in [2.24, 2.45) is 12.8 Å². The molecule has 0 spiro atoms. The summed E-state index contributed by atoms with van der Waals surface area (Å²) in [6, 6.07) is 4.76. The summed E-state index contributed by atoms with van der Waals surface area (Å²) in [5.74, 6) is 0.771. The Bertz CT molecular complexity index is 525. The molecule has 1 aromatic heterocycles. The number of halogens is 1. The first kappa shape index (κ1) is 12.6. The fourth-order valence-electron chi connectivity index (χ4n) is 1.76. The molecule has 0 amide bonds. The van der Waals surface area contributed by atoms with Gasteiger partial charge in [0.2, 0.25) is 0 Å². The summed E-state index contributed by atoms with van der Waals surface area (Å²) in [4.78, 5) is 4.18. The summed E-state index contributed by atoms with van der Waals surface area (Å²) in [6.45, 7) is 0.633. The van der Waals surface area contributed by atoms with Crippen LogP contribution in [0.3, 0.4) is 0 Å². The van der Waals surface area contributed by atoms with Gasteiger partial charge in [0, 0.05) is 38.0 Å². The summed E-state index contributed by atoms with van der Waals surface area (Å²) in [7, 11) is 1.91. The zero-order valence-electron chi connectivity index (χ0n) is 10.3. The number of para-hydroxylation sites is 1. The highest BCUT2D eigenvalue weighted by atomic mass is 19.1. The maximum absolute atomic E-state index is 13.6. The first-order chi connectivity index (χ1) is 8.72. The zero-order chi connectivity index (χ0) is 13.0. The lowest BCUT2D eigenvalue weighted by Gasteiger charge is -2.11. The van der Waals surface area contributed by atoms with Gasteiger partial charge in [0.25, 0.3) is 0 Å². The Morgan fingerprint density at radius 3 is 2.94 bits per heavy atom. The maximum atomic E-state index is 13.6. The van der Waals surface area contributed by atoms with Crippen molar-refractivity contribution in [3.63, 3.8) is 0 Å². The van der Waals surface area contributed by atoms with Gasteiger partial charge in [-0.05, 0) is 6.07 Å². The van der Waals surface area contributed by atoms with Crippen LogP contribution in [0.15, 0.2) is 30.6 Å². The van der Waals surface area contributed by atoms with Crippen LogP contribution in [0.2, 0.25) is 0 Å². The van der Waals surface area contributed by atoms with Crippen LogP contribution in [-0.2, 0) is 20.0 Å². The van der Waals surface area contributed by atoms with E-state index in [0.29, 0.717) is 18.6 Å². The van der Waals surface area contributed by atoms with Crippen molar-refractivity contribution in [3.05, 3.63) is 47.8 Å². The molecule has 0 saturated carbocycles. The van der Waals surface area contributed by atoms with Gasteiger partial charge >= 0.3 is 0 Å². The maximum Gasteiger partial charge on any atom is 0.165 e. The van der Waals surface area contributed by atoms with E-state index >= 15 is 0 Å². The molecule has 4 nitrogen and oxygen atoms in total. The van der Waals surface area contributed by atoms with E-state index in [1.807, 2.05) is 17.8 Å². The highest BCUT2D eigenvalue weighted by molar-refractivity contribution is 5.34. The van der Waals surface area contributed by atoms with E-state index in [2.05, 4.69) is 4.98 Å². The quantitative estimate of drug-likeness (QED) is 0.876. The standard InChI is InChI=1S/C13H16FN3O/c1-17-7-6-16-12(17)5-8-18-13-10(9-15)3-2-4-11(13)14/h2-4,6-7H,5,8-9,15H2,1H3. The summed E-state index contributed by atoms with van der Waals surface area (Å²) in [5.41, 5.74) is 6.22. The van der Waals surface area contributed by atoms with Gasteiger partial charge in [0.15, 0.2) is 11.6 Å². The number of imidazole rings is 1. The predicted molar refractivity (Wildman–Crippen MR) is 66.7 cm³/mol. The van der Waals surface area contributed by atoms with Crippen LogP contribution in [0.25, 0.3) is 0 Å². The third-order valence-electron chi connectivity index (χ3n) is 2.76. The lowest BCUT2D eigenvalue weighted by Crippen LogP contribution is -2.09. The number of aryl methyl sites for hydroxylation is 1. The third kappa shape index (κ3) is 2.68. The Balaban J connectivity index is 2.00. The van der Waals surface area contributed by atoms with Crippen molar-refractivity contribution in [1.82, 2.24) is 9.55 Å². The summed E-state index contributed by atoms with van der Waals surface area (Å²) in [5, 5.41) is 0. The molecule has 0 atom stereocenters. The molecule has 0 unspecified atom stereocenters. The second kappa shape index (κ2) is 5.64. The molecule has 1 aromatic carbocycles. The molecule has 2 N–H and O–H groups in total. The van der Waals surface area contributed by atoms with Gasteiger partial charge in [-0.1, -0.05) is 12.1 Å². The van der Waals surface area contributed by atoms with Gasteiger partial charge in [0.05, 0.1) is 6.61 Å². The molecule has 96 valence electrons.